The van der Waals surface area contributed by atoms with Crippen molar-refractivity contribution in [2.75, 3.05) is 22.9 Å². The van der Waals surface area contributed by atoms with Crippen LogP contribution >= 0.6 is 0 Å². The van der Waals surface area contributed by atoms with Gasteiger partial charge < -0.3 is 43.4 Å². The zero-order valence-electron chi connectivity index (χ0n) is 20.9. The Labute approximate surface area is 229 Å². The summed E-state index contributed by atoms with van der Waals surface area (Å²) in [7, 11) is 0. The summed E-state index contributed by atoms with van der Waals surface area (Å²) in [6.45, 7) is 0. The van der Waals surface area contributed by atoms with Crippen LogP contribution in [0.25, 0.3) is 0 Å². The zero-order valence-corrected chi connectivity index (χ0v) is 20.9. The van der Waals surface area contributed by atoms with Crippen molar-refractivity contribution in [1.29, 1.82) is 0 Å². The number of nitrogens with two attached hydrogens (primary N) is 4. The zero-order chi connectivity index (χ0) is 31.2. The second-order valence-electron chi connectivity index (χ2n) is 8.41. The van der Waals surface area contributed by atoms with Crippen molar-refractivity contribution in [3.8, 4) is 23.0 Å². The summed E-state index contributed by atoms with van der Waals surface area (Å²) in [5, 5.41) is 36.2. The van der Waals surface area contributed by atoms with Gasteiger partial charge in [-0.25, -0.2) is 0 Å². The molecule has 8 nitrogen and oxygen atoms in total. The fourth-order valence-corrected chi connectivity index (χ4v) is 3.53. The summed E-state index contributed by atoms with van der Waals surface area (Å²) in [6, 6.07) is 16.4. The van der Waals surface area contributed by atoms with Crippen molar-refractivity contribution in [3.63, 3.8) is 0 Å². The number of alkyl halides is 6. The predicted octanol–water partition coefficient (Wildman–Crippen LogP) is 5.62. The van der Waals surface area contributed by atoms with Gasteiger partial charge in [0.1, 0.15) is 23.0 Å². The molecule has 0 radical (unpaired) electrons. The van der Waals surface area contributed by atoms with E-state index in [2.05, 4.69) is 0 Å². The van der Waals surface area contributed by atoms with Crippen LogP contribution in [-0.2, 0) is 5.41 Å². The van der Waals surface area contributed by atoms with Crippen molar-refractivity contribution < 1.29 is 46.8 Å². The molecule has 0 aliphatic rings. The van der Waals surface area contributed by atoms with Crippen LogP contribution in [0, 0.1) is 0 Å². The van der Waals surface area contributed by atoms with Crippen LogP contribution in [0.1, 0.15) is 11.1 Å². The van der Waals surface area contributed by atoms with Gasteiger partial charge >= 0.3 is 12.4 Å². The van der Waals surface area contributed by atoms with Gasteiger partial charge in [-0.2, -0.15) is 26.3 Å². The summed E-state index contributed by atoms with van der Waals surface area (Å²) in [4.78, 5) is 0. The number of phenols is 4. The normalized spacial score (nSPS) is 11.5. The molecule has 12 N–H and O–H groups in total. The molecular weight excluding hydrogens is 558 g/mol. The standard InChI is InChI=1S/C15H12F6N2O2.2C6H7NO/c16-14(17,18)13(15(19,20)21,7-1-3-11(24)9(22)5-7)8-2-4-12(25)10(23)6-8;2*7-5-3-1-2-4-6(5)8/h1-6,24-25H,22-23H2;2*1-4,8H,7H2. The highest BCUT2D eigenvalue weighted by molar-refractivity contribution is 5.61. The molecular formula is C27H26F6N4O4. The minimum atomic E-state index is -5.82. The number of halogens is 6. The van der Waals surface area contributed by atoms with Crippen molar-refractivity contribution in [1.82, 2.24) is 0 Å². The summed E-state index contributed by atoms with van der Waals surface area (Å²) in [6.07, 6.45) is -11.6. The van der Waals surface area contributed by atoms with E-state index in [4.69, 9.17) is 33.1 Å². The third-order valence-corrected chi connectivity index (χ3v) is 5.65. The first-order chi connectivity index (χ1) is 18.9. The number of aromatic hydroxyl groups is 4. The van der Waals surface area contributed by atoms with E-state index < -0.39 is 51.8 Å². The quantitative estimate of drug-likeness (QED) is 0.0847. The van der Waals surface area contributed by atoms with Gasteiger partial charge in [-0.1, -0.05) is 36.4 Å². The largest absolute Gasteiger partial charge is 0.506 e. The van der Waals surface area contributed by atoms with Crippen LogP contribution in [-0.4, -0.2) is 32.8 Å². The van der Waals surface area contributed by atoms with Crippen molar-refractivity contribution in [2.24, 2.45) is 0 Å². The Hall–Kier alpha value is -5.14. The Morgan fingerprint density at radius 3 is 0.927 bits per heavy atom. The van der Waals surface area contributed by atoms with Crippen LogP contribution in [0.2, 0.25) is 0 Å². The maximum Gasteiger partial charge on any atom is 0.411 e. The van der Waals surface area contributed by atoms with Gasteiger partial charge in [-0.05, 0) is 59.7 Å². The lowest BCUT2D eigenvalue weighted by Gasteiger charge is -2.38. The summed E-state index contributed by atoms with van der Waals surface area (Å²) in [5.74, 6) is -1.03. The second-order valence-corrected chi connectivity index (χ2v) is 8.41. The van der Waals surface area contributed by atoms with E-state index in [1.165, 1.54) is 0 Å². The lowest BCUT2D eigenvalue weighted by Crippen LogP contribution is -2.54. The highest BCUT2D eigenvalue weighted by Crippen LogP contribution is 2.57. The average molecular weight is 585 g/mol. The molecule has 0 aliphatic carbocycles. The van der Waals surface area contributed by atoms with Crippen LogP contribution in [0.15, 0.2) is 84.9 Å². The maximum atomic E-state index is 13.8. The Kier molecular flexibility index (Phi) is 9.67. The molecule has 0 fully saturated rings. The smallest absolute Gasteiger partial charge is 0.411 e. The minimum absolute atomic E-state index is 0.146. The first-order valence-electron chi connectivity index (χ1n) is 11.3. The van der Waals surface area contributed by atoms with Gasteiger partial charge in [0.2, 0.25) is 5.41 Å². The fourth-order valence-electron chi connectivity index (χ4n) is 3.53. The van der Waals surface area contributed by atoms with E-state index in [1.54, 1.807) is 48.5 Å². The van der Waals surface area contributed by atoms with E-state index in [1.807, 2.05) is 0 Å². The van der Waals surface area contributed by atoms with Crippen LogP contribution in [0.3, 0.4) is 0 Å². The monoisotopic (exact) mass is 584 g/mol. The molecule has 0 aromatic heterocycles. The van der Waals surface area contributed by atoms with Gasteiger partial charge in [-0.3, -0.25) is 0 Å². The Morgan fingerprint density at radius 1 is 0.415 bits per heavy atom. The van der Waals surface area contributed by atoms with Gasteiger partial charge in [0.05, 0.1) is 22.7 Å². The highest BCUT2D eigenvalue weighted by atomic mass is 19.4. The van der Waals surface area contributed by atoms with E-state index in [-0.39, 0.29) is 11.5 Å². The Balaban J connectivity index is 0.000000295. The molecule has 0 spiro atoms. The molecule has 0 unspecified atom stereocenters. The number of benzene rings is 4. The topological polar surface area (TPSA) is 185 Å². The average Bonchev–Trinajstić information content (AvgIpc) is 2.87. The summed E-state index contributed by atoms with van der Waals surface area (Å²) < 4.78 is 82.7. The van der Waals surface area contributed by atoms with Crippen molar-refractivity contribution in [3.05, 3.63) is 96.1 Å². The van der Waals surface area contributed by atoms with E-state index in [0.29, 0.717) is 47.8 Å². The molecule has 0 heterocycles. The molecule has 0 aliphatic heterocycles. The predicted molar refractivity (Wildman–Crippen MR) is 143 cm³/mol. The van der Waals surface area contributed by atoms with Gasteiger partial charge in [0.15, 0.2) is 0 Å². The van der Waals surface area contributed by atoms with Crippen molar-refractivity contribution >= 4 is 22.7 Å². The molecule has 4 aromatic carbocycles. The van der Waals surface area contributed by atoms with Crippen LogP contribution in [0.4, 0.5) is 49.1 Å². The molecule has 0 atom stereocenters. The van der Waals surface area contributed by atoms with Crippen LogP contribution in [0.5, 0.6) is 23.0 Å². The van der Waals surface area contributed by atoms with Crippen LogP contribution < -0.4 is 22.9 Å². The molecule has 0 amide bonds. The summed E-state index contributed by atoms with van der Waals surface area (Å²) >= 11 is 0. The number of para-hydroxylation sites is 4. The molecule has 220 valence electrons. The Morgan fingerprint density at radius 2 is 0.707 bits per heavy atom. The highest BCUT2D eigenvalue weighted by Gasteiger charge is 2.72. The molecule has 14 heteroatoms. The lowest BCUT2D eigenvalue weighted by atomic mass is 9.72. The molecule has 0 saturated carbocycles. The molecule has 0 bridgehead atoms. The molecule has 4 aromatic rings. The first-order valence-corrected chi connectivity index (χ1v) is 11.3. The molecule has 0 saturated heterocycles. The number of phenolic OH excluding ortho intramolecular Hbond substituents is 4. The van der Waals surface area contributed by atoms with Gasteiger partial charge in [0, 0.05) is 0 Å². The first kappa shape index (κ1) is 32.1. The van der Waals surface area contributed by atoms with E-state index in [9.17, 15) is 36.6 Å². The molecule has 4 rings (SSSR count). The fraction of sp³-hybridized carbons (Fsp3) is 0.111. The molecule has 41 heavy (non-hydrogen) atoms. The van der Waals surface area contributed by atoms with Gasteiger partial charge in [0.25, 0.3) is 0 Å². The summed E-state index contributed by atoms with van der Waals surface area (Å²) in [5.41, 5.74) is 13.7. The SMILES string of the molecule is Nc1cc(C(c2ccc(O)c(N)c2)(C(F)(F)F)C(F)(F)F)ccc1O.Nc1ccccc1O.Nc1ccccc1O. The number of hydrogen-bond donors (Lipinski definition) is 8. The van der Waals surface area contributed by atoms with E-state index in [0.717, 1.165) is 0 Å². The number of anilines is 4. The maximum absolute atomic E-state index is 13.8. The van der Waals surface area contributed by atoms with E-state index >= 15 is 0 Å². The second kappa shape index (κ2) is 12.4. The number of hydrogen-bond acceptors (Lipinski definition) is 8. The third-order valence-electron chi connectivity index (χ3n) is 5.65. The van der Waals surface area contributed by atoms with Crippen molar-refractivity contribution in [2.45, 2.75) is 17.8 Å². The minimum Gasteiger partial charge on any atom is -0.506 e. The van der Waals surface area contributed by atoms with Gasteiger partial charge in [-0.15, -0.1) is 0 Å². The number of nitrogen functional groups attached to an aromatic ring is 4. The number of rotatable bonds is 2. The third kappa shape index (κ3) is 7.09. The lowest BCUT2D eigenvalue weighted by molar-refractivity contribution is -0.288. The Bertz CT molecular complexity index is 1330.